The van der Waals surface area contributed by atoms with Crippen molar-refractivity contribution in [1.29, 1.82) is 0 Å². The summed E-state index contributed by atoms with van der Waals surface area (Å²) in [6, 6.07) is 15.7. The minimum absolute atomic E-state index is 0.0646. The Hall–Kier alpha value is -1.31. The minimum atomic E-state index is -0.125. The van der Waals surface area contributed by atoms with Crippen LogP contribution >= 0.6 is 23.2 Å². The zero-order valence-electron chi connectivity index (χ0n) is 17.9. The van der Waals surface area contributed by atoms with Crippen molar-refractivity contribution in [2.75, 3.05) is 0 Å². The molecule has 2 aromatic rings. The van der Waals surface area contributed by atoms with Gasteiger partial charge in [0.1, 0.15) is 5.78 Å². The molecular weight excluding hydrogens is 387 g/mol. The molecule has 1 nitrogen and oxygen atoms in total. The maximum Gasteiger partial charge on any atom is 0.140 e. The van der Waals surface area contributed by atoms with Gasteiger partial charge in [0, 0.05) is 21.9 Å². The van der Waals surface area contributed by atoms with Crippen LogP contribution in [0.4, 0.5) is 0 Å². The van der Waals surface area contributed by atoms with Crippen LogP contribution in [0, 0.1) is 22.7 Å². The van der Waals surface area contributed by atoms with E-state index in [0.29, 0.717) is 5.78 Å². The van der Waals surface area contributed by atoms with Crippen LogP contribution in [0.2, 0.25) is 10.0 Å². The smallest absolute Gasteiger partial charge is 0.140 e. The van der Waals surface area contributed by atoms with Crippen LogP contribution in [0.25, 0.3) is 0 Å². The van der Waals surface area contributed by atoms with Gasteiger partial charge in [0.25, 0.3) is 0 Å². The van der Waals surface area contributed by atoms with Crippen molar-refractivity contribution in [1.82, 2.24) is 0 Å². The Bertz CT molecular complexity index is 710. The van der Waals surface area contributed by atoms with Crippen LogP contribution in [-0.2, 0) is 17.6 Å². The molecule has 0 fully saturated rings. The number of halogens is 2. The van der Waals surface area contributed by atoms with Gasteiger partial charge in [0.05, 0.1) is 0 Å². The predicted molar refractivity (Wildman–Crippen MR) is 121 cm³/mol. The van der Waals surface area contributed by atoms with Crippen LogP contribution < -0.4 is 0 Å². The molecule has 0 saturated carbocycles. The molecule has 0 N–H and O–H groups in total. The maximum absolute atomic E-state index is 13.8. The normalized spacial score (nSPS) is 14.6. The molecule has 2 aromatic carbocycles. The molecule has 0 spiro atoms. The summed E-state index contributed by atoms with van der Waals surface area (Å²) in [5.41, 5.74) is 2.05. The van der Waals surface area contributed by atoms with Crippen molar-refractivity contribution >= 4 is 29.0 Å². The first-order valence-corrected chi connectivity index (χ1v) is 10.7. The van der Waals surface area contributed by atoms with E-state index in [1.54, 1.807) is 0 Å². The van der Waals surface area contributed by atoms with Crippen molar-refractivity contribution in [3.05, 3.63) is 69.7 Å². The van der Waals surface area contributed by atoms with Gasteiger partial charge in [-0.05, 0) is 59.1 Å². The van der Waals surface area contributed by atoms with Crippen molar-refractivity contribution in [3.8, 4) is 0 Å². The average molecular weight is 419 g/mol. The van der Waals surface area contributed by atoms with Crippen molar-refractivity contribution in [3.63, 3.8) is 0 Å². The molecule has 0 aliphatic carbocycles. The van der Waals surface area contributed by atoms with Crippen LogP contribution in [0.15, 0.2) is 48.5 Å². The summed E-state index contributed by atoms with van der Waals surface area (Å²) in [6.07, 6.45) is 1.46. The highest BCUT2D eigenvalue weighted by molar-refractivity contribution is 6.30. The Morgan fingerprint density at radius 2 is 0.964 bits per heavy atom. The zero-order chi connectivity index (χ0) is 21.1. The number of ketones is 1. The number of carbonyl (C=O) groups is 1. The summed E-state index contributed by atoms with van der Waals surface area (Å²) in [7, 11) is 0. The maximum atomic E-state index is 13.8. The number of hydrogen-bond acceptors (Lipinski definition) is 1. The summed E-state index contributed by atoms with van der Waals surface area (Å²) >= 11 is 12.1. The number of benzene rings is 2. The van der Waals surface area contributed by atoms with Crippen molar-refractivity contribution in [2.45, 2.75) is 54.4 Å². The monoisotopic (exact) mass is 418 g/mol. The first-order chi connectivity index (χ1) is 12.9. The van der Waals surface area contributed by atoms with Gasteiger partial charge in [0.2, 0.25) is 0 Å². The molecule has 0 saturated heterocycles. The molecule has 0 aromatic heterocycles. The standard InChI is InChI=1S/C25H32Cl2O/c1-24(2,3)21(15-17-7-11-19(26)12-8-17)23(28)22(25(4,5)6)16-18-9-13-20(27)14-10-18/h7-14,21-22H,15-16H2,1-6H3. The lowest BCUT2D eigenvalue weighted by molar-refractivity contribution is -0.133. The van der Waals surface area contributed by atoms with Gasteiger partial charge < -0.3 is 0 Å². The Balaban J connectivity index is 2.33. The average Bonchev–Trinajstić information content (AvgIpc) is 2.58. The largest absolute Gasteiger partial charge is 0.299 e. The van der Waals surface area contributed by atoms with Gasteiger partial charge in [-0.3, -0.25) is 4.79 Å². The van der Waals surface area contributed by atoms with Crippen LogP contribution in [0.5, 0.6) is 0 Å². The molecular formula is C25H32Cl2O. The van der Waals surface area contributed by atoms with E-state index < -0.39 is 0 Å². The van der Waals surface area contributed by atoms with Gasteiger partial charge in [-0.2, -0.15) is 0 Å². The summed E-state index contributed by atoms with van der Waals surface area (Å²) < 4.78 is 0. The van der Waals surface area contributed by atoms with Gasteiger partial charge in [0.15, 0.2) is 0 Å². The highest BCUT2D eigenvalue weighted by Crippen LogP contribution is 2.39. The third-order valence-electron chi connectivity index (χ3n) is 5.48. The Morgan fingerprint density at radius 3 is 1.21 bits per heavy atom. The van der Waals surface area contributed by atoms with E-state index in [9.17, 15) is 4.79 Å². The molecule has 3 heteroatoms. The summed E-state index contributed by atoms with van der Waals surface area (Å²) in [4.78, 5) is 13.8. The van der Waals surface area contributed by atoms with Crippen molar-refractivity contribution < 1.29 is 4.79 Å². The second-order valence-electron chi connectivity index (χ2n) is 9.90. The van der Waals surface area contributed by atoms with E-state index in [1.807, 2.05) is 48.5 Å². The van der Waals surface area contributed by atoms with E-state index in [4.69, 9.17) is 23.2 Å². The minimum Gasteiger partial charge on any atom is -0.299 e. The predicted octanol–water partition coefficient (Wildman–Crippen LogP) is 7.67. The number of Topliss-reactive ketones (excluding diaryl/α,β-unsaturated/α-hetero) is 1. The second kappa shape index (κ2) is 9.01. The highest BCUT2D eigenvalue weighted by atomic mass is 35.5. The Labute approximate surface area is 180 Å². The molecule has 2 unspecified atom stereocenters. The van der Waals surface area contributed by atoms with Gasteiger partial charge in [-0.1, -0.05) is 89.0 Å². The first-order valence-electron chi connectivity index (χ1n) is 9.90. The summed E-state index contributed by atoms with van der Waals surface area (Å²) in [5, 5.41) is 1.44. The lowest BCUT2D eigenvalue weighted by Crippen LogP contribution is -2.40. The fourth-order valence-corrected chi connectivity index (χ4v) is 3.87. The highest BCUT2D eigenvalue weighted by Gasteiger charge is 2.40. The van der Waals surface area contributed by atoms with Crippen molar-refractivity contribution in [2.24, 2.45) is 22.7 Å². The van der Waals surface area contributed by atoms with E-state index >= 15 is 0 Å². The van der Waals surface area contributed by atoms with Crippen LogP contribution in [-0.4, -0.2) is 5.78 Å². The summed E-state index contributed by atoms with van der Waals surface area (Å²) in [6.45, 7) is 13.0. The van der Waals surface area contributed by atoms with Crippen LogP contribution in [0.1, 0.15) is 52.7 Å². The van der Waals surface area contributed by atoms with E-state index in [1.165, 1.54) is 0 Å². The van der Waals surface area contributed by atoms with Gasteiger partial charge >= 0.3 is 0 Å². The molecule has 2 rings (SSSR count). The molecule has 0 amide bonds. The zero-order valence-corrected chi connectivity index (χ0v) is 19.4. The van der Waals surface area contributed by atoms with Gasteiger partial charge in [-0.25, -0.2) is 0 Å². The van der Waals surface area contributed by atoms with E-state index in [2.05, 4.69) is 41.5 Å². The van der Waals surface area contributed by atoms with E-state index in [0.717, 1.165) is 34.0 Å². The molecule has 0 heterocycles. The third-order valence-corrected chi connectivity index (χ3v) is 5.99. The molecule has 0 aliphatic rings. The lowest BCUT2D eigenvalue weighted by atomic mass is 9.65. The molecule has 0 bridgehead atoms. The number of carbonyl (C=O) groups excluding carboxylic acids is 1. The Kier molecular flexibility index (Phi) is 7.39. The topological polar surface area (TPSA) is 17.1 Å². The fourth-order valence-electron chi connectivity index (χ4n) is 3.62. The fraction of sp³-hybridized carbons (Fsp3) is 0.480. The molecule has 0 radical (unpaired) electrons. The number of rotatable bonds is 6. The third kappa shape index (κ3) is 6.36. The molecule has 2 atom stereocenters. The second-order valence-corrected chi connectivity index (χ2v) is 10.8. The quantitative estimate of drug-likeness (QED) is 0.469. The van der Waals surface area contributed by atoms with E-state index in [-0.39, 0.29) is 22.7 Å². The SMILES string of the molecule is CC(C)(C)C(Cc1ccc(Cl)cc1)C(=O)C(Cc1ccc(Cl)cc1)C(C)(C)C. The van der Waals surface area contributed by atoms with Crippen LogP contribution in [0.3, 0.4) is 0 Å². The Morgan fingerprint density at radius 1 is 0.679 bits per heavy atom. The lowest BCUT2D eigenvalue weighted by Gasteiger charge is -2.37. The molecule has 152 valence electrons. The molecule has 28 heavy (non-hydrogen) atoms. The molecule has 0 aliphatic heterocycles. The first kappa shape index (κ1) is 23.0. The summed E-state index contributed by atoms with van der Waals surface area (Å²) in [5.74, 6) is 0.209. The van der Waals surface area contributed by atoms with Gasteiger partial charge in [-0.15, -0.1) is 0 Å². The number of hydrogen-bond donors (Lipinski definition) is 0.